The Hall–Kier alpha value is -3.62. The Balaban J connectivity index is 1.60. The zero-order valence-corrected chi connectivity index (χ0v) is 15.9. The minimum absolute atomic E-state index is 0.00558. The summed E-state index contributed by atoms with van der Waals surface area (Å²) in [4.78, 5) is 20.7. The zero-order chi connectivity index (χ0) is 21.6. The molecule has 0 spiro atoms. The van der Waals surface area contributed by atoms with Crippen LogP contribution in [0.25, 0.3) is 0 Å². The van der Waals surface area contributed by atoms with Gasteiger partial charge in [0.2, 0.25) is 5.88 Å². The van der Waals surface area contributed by atoms with E-state index in [0.717, 1.165) is 0 Å². The monoisotopic (exact) mass is 417 g/mol. The molecule has 1 atom stereocenters. The molecule has 0 radical (unpaired) electrons. The molecule has 2 heterocycles. The lowest BCUT2D eigenvalue weighted by Gasteiger charge is -2.15. The smallest absolute Gasteiger partial charge is 0.422 e. The summed E-state index contributed by atoms with van der Waals surface area (Å²) in [7, 11) is 0. The summed E-state index contributed by atoms with van der Waals surface area (Å²) in [5.74, 6) is 0.501. The van der Waals surface area contributed by atoms with Gasteiger partial charge in [0, 0.05) is 17.8 Å². The molecule has 0 saturated heterocycles. The molecular weight excluding hydrogens is 399 g/mol. The summed E-state index contributed by atoms with van der Waals surface area (Å²) < 4.78 is 46.8. The molecule has 0 bridgehead atoms. The number of amides is 1. The van der Waals surface area contributed by atoms with Crippen LogP contribution in [0.1, 0.15) is 29.0 Å². The maximum Gasteiger partial charge on any atom is 0.422 e. The summed E-state index contributed by atoms with van der Waals surface area (Å²) in [6.45, 7) is 0.321. The predicted octanol–water partition coefficient (Wildman–Crippen LogP) is 4.70. The number of alkyl halides is 3. The molecule has 0 aliphatic rings. The third-order valence-corrected chi connectivity index (χ3v) is 3.91. The highest BCUT2D eigenvalue weighted by Crippen LogP contribution is 2.22. The van der Waals surface area contributed by atoms with Crippen LogP contribution in [-0.2, 0) is 0 Å². The molecule has 3 rings (SSSR count). The first-order valence-corrected chi connectivity index (χ1v) is 8.95. The number of nitrogens with zero attached hydrogens (tertiary/aromatic N) is 2. The van der Waals surface area contributed by atoms with E-state index in [2.05, 4.69) is 20.0 Å². The van der Waals surface area contributed by atoms with Crippen molar-refractivity contribution in [2.24, 2.45) is 0 Å². The summed E-state index contributed by atoms with van der Waals surface area (Å²) in [5, 5.41) is 2.79. The van der Waals surface area contributed by atoms with Gasteiger partial charge in [-0.3, -0.25) is 9.78 Å². The first kappa shape index (κ1) is 21.1. The van der Waals surface area contributed by atoms with Crippen molar-refractivity contribution in [2.75, 3.05) is 6.61 Å². The topological polar surface area (TPSA) is 73.3 Å². The van der Waals surface area contributed by atoms with Crippen LogP contribution in [-0.4, -0.2) is 28.7 Å². The summed E-state index contributed by atoms with van der Waals surface area (Å²) in [5.41, 5.74) is 0.851. The summed E-state index contributed by atoms with van der Waals surface area (Å²) >= 11 is 0. The molecule has 0 fully saturated rings. The average Bonchev–Trinajstić information content (AvgIpc) is 2.73. The van der Waals surface area contributed by atoms with Crippen molar-refractivity contribution in [3.05, 3.63) is 78.2 Å². The Morgan fingerprint density at radius 2 is 1.90 bits per heavy atom. The van der Waals surface area contributed by atoms with Crippen LogP contribution in [0.3, 0.4) is 0 Å². The molecule has 3 aromatic rings. The van der Waals surface area contributed by atoms with E-state index in [-0.39, 0.29) is 11.7 Å². The first-order valence-electron chi connectivity index (χ1n) is 8.95. The van der Waals surface area contributed by atoms with Crippen molar-refractivity contribution in [1.29, 1.82) is 0 Å². The van der Waals surface area contributed by atoms with Crippen LogP contribution in [0.4, 0.5) is 13.2 Å². The number of aromatic nitrogens is 2. The van der Waals surface area contributed by atoms with Crippen molar-refractivity contribution in [1.82, 2.24) is 15.3 Å². The van der Waals surface area contributed by atoms with Crippen LogP contribution in [0.5, 0.6) is 17.4 Å². The standard InChI is InChI=1S/C21H18F3N3O3/c1-14(18-9-8-17(12-26-18)29-13-21(22,23)24)27-20(28)15-5-4-6-16(11-15)30-19-7-2-3-10-25-19/h2-12,14H,13H2,1H3,(H,27,28)/t14-/m1/s1. The van der Waals surface area contributed by atoms with Gasteiger partial charge in [0.15, 0.2) is 6.61 Å². The van der Waals surface area contributed by atoms with Crippen LogP contribution in [0.15, 0.2) is 67.0 Å². The van der Waals surface area contributed by atoms with Crippen molar-refractivity contribution in [3.63, 3.8) is 0 Å². The lowest BCUT2D eigenvalue weighted by Crippen LogP contribution is -2.27. The van der Waals surface area contributed by atoms with E-state index in [0.29, 0.717) is 22.9 Å². The number of carbonyl (C=O) groups is 1. The fourth-order valence-corrected chi connectivity index (χ4v) is 2.48. The van der Waals surface area contributed by atoms with Gasteiger partial charge in [0.1, 0.15) is 11.5 Å². The largest absolute Gasteiger partial charge is 0.483 e. The maximum atomic E-state index is 12.6. The molecule has 2 aromatic heterocycles. The minimum atomic E-state index is -4.42. The van der Waals surface area contributed by atoms with E-state index in [1.54, 1.807) is 55.6 Å². The number of hydrogen-bond donors (Lipinski definition) is 1. The Morgan fingerprint density at radius 1 is 1.07 bits per heavy atom. The van der Waals surface area contributed by atoms with E-state index in [1.165, 1.54) is 18.3 Å². The molecule has 9 heteroatoms. The molecule has 30 heavy (non-hydrogen) atoms. The van der Waals surface area contributed by atoms with Crippen LogP contribution >= 0.6 is 0 Å². The second-order valence-corrected chi connectivity index (χ2v) is 6.32. The van der Waals surface area contributed by atoms with Crippen molar-refractivity contribution in [2.45, 2.75) is 19.1 Å². The molecule has 0 aliphatic carbocycles. The number of carbonyl (C=O) groups excluding carboxylic acids is 1. The second-order valence-electron chi connectivity index (χ2n) is 6.32. The molecular formula is C21H18F3N3O3. The van der Waals surface area contributed by atoms with Crippen molar-refractivity contribution in [3.8, 4) is 17.4 Å². The molecule has 6 nitrogen and oxygen atoms in total. The Morgan fingerprint density at radius 3 is 2.57 bits per heavy atom. The van der Waals surface area contributed by atoms with E-state index >= 15 is 0 Å². The lowest BCUT2D eigenvalue weighted by atomic mass is 10.1. The lowest BCUT2D eigenvalue weighted by molar-refractivity contribution is -0.153. The number of benzene rings is 1. The highest BCUT2D eigenvalue weighted by Gasteiger charge is 2.28. The molecule has 0 aliphatic heterocycles. The molecule has 1 amide bonds. The van der Waals surface area contributed by atoms with Crippen LogP contribution < -0.4 is 14.8 Å². The van der Waals surface area contributed by atoms with Gasteiger partial charge >= 0.3 is 6.18 Å². The van der Waals surface area contributed by atoms with Gasteiger partial charge < -0.3 is 14.8 Å². The van der Waals surface area contributed by atoms with Gasteiger partial charge in [0.05, 0.1) is 17.9 Å². The summed E-state index contributed by atoms with van der Waals surface area (Å²) in [6.07, 6.45) is -1.64. The fourth-order valence-electron chi connectivity index (χ4n) is 2.48. The third kappa shape index (κ3) is 6.20. The number of pyridine rings is 2. The van der Waals surface area contributed by atoms with E-state index in [1.807, 2.05) is 0 Å². The molecule has 1 aromatic carbocycles. The Labute approximate surface area is 170 Å². The van der Waals surface area contributed by atoms with Crippen LogP contribution in [0.2, 0.25) is 0 Å². The Kier molecular flexibility index (Phi) is 6.51. The Bertz CT molecular complexity index is 980. The molecule has 1 N–H and O–H groups in total. The number of halogens is 3. The predicted molar refractivity (Wildman–Crippen MR) is 102 cm³/mol. The highest BCUT2D eigenvalue weighted by atomic mass is 19.4. The number of rotatable bonds is 7. The third-order valence-electron chi connectivity index (χ3n) is 3.91. The number of ether oxygens (including phenoxy) is 2. The summed E-state index contributed by atoms with van der Waals surface area (Å²) in [6, 6.07) is 14.2. The van der Waals surface area contributed by atoms with Gasteiger partial charge in [0.25, 0.3) is 5.91 Å². The minimum Gasteiger partial charge on any atom is -0.483 e. The van der Waals surface area contributed by atoms with Gasteiger partial charge in [-0.15, -0.1) is 0 Å². The SMILES string of the molecule is C[C@@H](NC(=O)c1cccc(Oc2ccccn2)c1)c1ccc(OCC(F)(F)F)cn1. The quantitative estimate of drug-likeness (QED) is 0.603. The molecule has 156 valence electrons. The van der Waals surface area contributed by atoms with Gasteiger partial charge in [-0.05, 0) is 43.3 Å². The van der Waals surface area contributed by atoms with Crippen molar-refractivity contribution >= 4 is 5.91 Å². The average molecular weight is 417 g/mol. The van der Waals surface area contributed by atoms with E-state index < -0.39 is 18.8 Å². The maximum absolute atomic E-state index is 12.6. The second kappa shape index (κ2) is 9.25. The highest BCUT2D eigenvalue weighted by molar-refractivity contribution is 5.94. The van der Waals surface area contributed by atoms with Crippen molar-refractivity contribution < 1.29 is 27.4 Å². The molecule has 0 saturated carbocycles. The van der Waals surface area contributed by atoms with Crippen LogP contribution in [0, 0.1) is 0 Å². The van der Waals surface area contributed by atoms with Gasteiger partial charge in [-0.1, -0.05) is 12.1 Å². The normalized spacial score (nSPS) is 12.1. The zero-order valence-electron chi connectivity index (χ0n) is 15.9. The molecule has 0 unspecified atom stereocenters. The van der Waals surface area contributed by atoms with Gasteiger partial charge in [-0.2, -0.15) is 13.2 Å². The van der Waals surface area contributed by atoms with Gasteiger partial charge in [-0.25, -0.2) is 4.98 Å². The number of hydrogen-bond acceptors (Lipinski definition) is 5. The van der Waals surface area contributed by atoms with E-state index in [9.17, 15) is 18.0 Å². The fraction of sp³-hybridized carbons (Fsp3) is 0.190. The number of nitrogens with one attached hydrogen (secondary N) is 1. The first-order chi connectivity index (χ1) is 14.3. The van der Waals surface area contributed by atoms with E-state index in [4.69, 9.17) is 4.74 Å².